The predicted molar refractivity (Wildman–Crippen MR) is 46.9 cm³/mol. The molecule has 10 heavy (non-hydrogen) atoms. The maximum absolute atomic E-state index is 5.74. The fourth-order valence-corrected chi connectivity index (χ4v) is 1.53. The molecule has 1 heterocycles. The Hall–Kier alpha value is -0.160. The quantitative estimate of drug-likeness (QED) is 0.436. The Balaban J connectivity index is 2.84. The average molecular weight is 191 g/mol. The highest BCUT2D eigenvalue weighted by Crippen LogP contribution is 2.20. The number of hydrogen-bond donors (Lipinski definition) is 0. The number of thiophene rings is 1. The van der Waals surface area contributed by atoms with Gasteiger partial charge in [0.1, 0.15) is 0 Å². The Kier molecular flexibility index (Phi) is 3.08. The summed E-state index contributed by atoms with van der Waals surface area (Å²) < 4.78 is 0. The highest BCUT2D eigenvalue weighted by Gasteiger charge is 1.94. The summed E-state index contributed by atoms with van der Waals surface area (Å²) in [5.41, 5.74) is 0. The van der Waals surface area contributed by atoms with Gasteiger partial charge in [-0.2, -0.15) is 0 Å². The molecular weight excluding hydrogens is 187 g/mol. The van der Waals surface area contributed by atoms with Crippen molar-refractivity contribution in [2.75, 3.05) is 5.88 Å². The third-order valence-electron chi connectivity index (χ3n) is 0.886. The Morgan fingerprint density at radius 2 is 2.40 bits per heavy atom. The van der Waals surface area contributed by atoms with Crippen molar-refractivity contribution in [2.45, 2.75) is 0 Å². The van der Waals surface area contributed by atoms with E-state index in [1.54, 1.807) is 0 Å². The van der Waals surface area contributed by atoms with E-state index in [4.69, 9.17) is 23.2 Å². The maximum atomic E-state index is 5.74. The fourth-order valence-electron chi connectivity index (χ4n) is 0.497. The van der Waals surface area contributed by atoms with Crippen molar-refractivity contribution in [1.82, 2.24) is 0 Å². The zero-order chi connectivity index (χ0) is 7.40. The number of alkyl halides is 1. The summed E-state index contributed by atoms with van der Waals surface area (Å²) in [4.78, 5) is 0.891. The Morgan fingerprint density at radius 1 is 1.60 bits per heavy atom. The first-order valence-electron chi connectivity index (χ1n) is 2.62. The predicted octanol–water partition coefficient (Wildman–Crippen LogP) is 2.99. The molecule has 0 aliphatic heterocycles. The van der Waals surface area contributed by atoms with Gasteiger partial charge in [-0.1, -0.05) is 23.4 Å². The number of halogens is 2. The van der Waals surface area contributed by atoms with Crippen molar-refractivity contribution in [3.05, 3.63) is 21.3 Å². The first-order valence-corrected chi connectivity index (χ1v) is 4.41. The van der Waals surface area contributed by atoms with E-state index in [0.29, 0.717) is 10.9 Å². The smallest absolute Gasteiger partial charge is 0.0954 e. The summed E-state index contributed by atoms with van der Waals surface area (Å²) in [6, 6.07) is 1.82. The van der Waals surface area contributed by atoms with Crippen molar-refractivity contribution >= 4 is 34.5 Å². The molecule has 0 radical (unpaired) electrons. The summed E-state index contributed by atoms with van der Waals surface area (Å²) in [7, 11) is 0. The number of hydrogen-bond acceptors (Lipinski definition) is 1. The molecule has 0 fully saturated rings. The second-order valence-corrected chi connectivity index (χ2v) is 3.12. The lowest BCUT2D eigenvalue weighted by molar-refractivity contribution is 1.86. The van der Waals surface area contributed by atoms with Crippen LogP contribution in [0.15, 0.2) is 11.4 Å². The number of rotatable bonds is 0. The normalized spacial score (nSPS) is 8.60. The molecule has 0 saturated heterocycles. The maximum Gasteiger partial charge on any atom is 0.0954 e. The first kappa shape index (κ1) is 7.94. The molecule has 1 aromatic heterocycles. The van der Waals surface area contributed by atoms with Crippen LogP contribution in [0.5, 0.6) is 0 Å². The van der Waals surface area contributed by atoms with Crippen molar-refractivity contribution in [3.8, 4) is 11.8 Å². The SMILES string of the molecule is ClCC#Cc1sccc1Cl. The van der Waals surface area contributed by atoms with Crippen LogP contribution in [0.3, 0.4) is 0 Å². The third kappa shape index (κ3) is 1.91. The molecular formula is C7H4Cl2S. The van der Waals surface area contributed by atoms with Crippen LogP contribution in [-0.2, 0) is 0 Å². The fraction of sp³-hybridized carbons (Fsp3) is 0.143. The van der Waals surface area contributed by atoms with Gasteiger partial charge in [-0.15, -0.1) is 22.9 Å². The average Bonchev–Trinajstić information content (AvgIpc) is 2.31. The monoisotopic (exact) mass is 190 g/mol. The van der Waals surface area contributed by atoms with Crippen LogP contribution in [0.2, 0.25) is 5.02 Å². The van der Waals surface area contributed by atoms with Crippen molar-refractivity contribution in [3.63, 3.8) is 0 Å². The minimum atomic E-state index is 0.355. The van der Waals surface area contributed by atoms with Crippen molar-refractivity contribution in [1.29, 1.82) is 0 Å². The summed E-state index contributed by atoms with van der Waals surface area (Å²) >= 11 is 12.6. The molecule has 0 nitrogen and oxygen atoms in total. The molecule has 0 aliphatic carbocycles. The van der Waals surface area contributed by atoms with Gasteiger partial charge in [0.15, 0.2) is 0 Å². The molecule has 0 unspecified atom stereocenters. The zero-order valence-corrected chi connectivity index (χ0v) is 7.35. The second-order valence-electron chi connectivity index (χ2n) is 1.53. The molecule has 52 valence electrons. The molecule has 0 aromatic carbocycles. The van der Waals surface area contributed by atoms with Crippen LogP contribution in [0.1, 0.15) is 4.88 Å². The van der Waals surface area contributed by atoms with Crippen molar-refractivity contribution in [2.24, 2.45) is 0 Å². The summed E-state index contributed by atoms with van der Waals surface area (Å²) in [5, 5.41) is 2.61. The van der Waals surface area contributed by atoms with Gasteiger partial charge < -0.3 is 0 Å². The van der Waals surface area contributed by atoms with Gasteiger partial charge in [0, 0.05) is 0 Å². The van der Waals surface area contributed by atoms with Gasteiger partial charge in [0.05, 0.1) is 15.8 Å². The van der Waals surface area contributed by atoms with Crippen LogP contribution in [0.25, 0.3) is 0 Å². The molecule has 1 rings (SSSR count). The van der Waals surface area contributed by atoms with E-state index in [1.807, 2.05) is 11.4 Å². The van der Waals surface area contributed by atoms with Gasteiger partial charge in [0.2, 0.25) is 0 Å². The molecule has 0 atom stereocenters. The van der Waals surface area contributed by atoms with E-state index in [0.717, 1.165) is 4.88 Å². The minimum Gasteiger partial charge on any atom is -0.134 e. The Labute approximate surface area is 73.8 Å². The Morgan fingerprint density at radius 3 is 2.90 bits per heavy atom. The van der Waals surface area contributed by atoms with Crippen LogP contribution >= 0.6 is 34.5 Å². The van der Waals surface area contributed by atoms with Gasteiger partial charge in [-0.05, 0) is 11.4 Å². The van der Waals surface area contributed by atoms with E-state index in [-0.39, 0.29) is 0 Å². The summed E-state index contributed by atoms with van der Waals surface area (Å²) in [5.74, 6) is 5.94. The lowest BCUT2D eigenvalue weighted by Gasteiger charge is -1.79. The molecule has 0 amide bonds. The standard InChI is InChI=1S/C7H4Cl2S/c8-4-1-2-7-6(9)3-5-10-7/h3,5H,4H2. The highest BCUT2D eigenvalue weighted by molar-refractivity contribution is 7.11. The topological polar surface area (TPSA) is 0 Å². The summed E-state index contributed by atoms with van der Waals surface area (Å²) in [6.07, 6.45) is 0. The lowest BCUT2D eigenvalue weighted by Crippen LogP contribution is -1.64. The van der Waals surface area contributed by atoms with Crippen LogP contribution in [-0.4, -0.2) is 5.88 Å². The van der Waals surface area contributed by atoms with E-state index < -0.39 is 0 Å². The minimum absolute atomic E-state index is 0.355. The molecule has 0 aliphatic rings. The lowest BCUT2D eigenvalue weighted by atomic mass is 10.4. The molecule has 0 saturated carbocycles. The first-order chi connectivity index (χ1) is 4.84. The molecule has 0 spiro atoms. The zero-order valence-electron chi connectivity index (χ0n) is 5.03. The Bertz CT molecular complexity index is 267. The van der Waals surface area contributed by atoms with Gasteiger partial charge in [-0.3, -0.25) is 0 Å². The van der Waals surface area contributed by atoms with Crippen molar-refractivity contribution < 1.29 is 0 Å². The van der Waals surface area contributed by atoms with Gasteiger partial charge in [0.25, 0.3) is 0 Å². The molecule has 1 aromatic rings. The largest absolute Gasteiger partial charge is 0.134 e. The molecule has 0 bridgehead atoms. The molecule has 3 heteroatoms. The molecule has 0 N–H and O–H groups in total. The van der Waals surface area contributed by atoms with Gasteiger partial charge >= 0.3 is 0 Å². The van der Waals surface area contributed by atoms with Crippen LogP contribution in [0.4, 0.5) is 0 Å². The van der Waals surface area contributed by atoms with E-state index >= 15 is 0 Å². The van der Waals surface area contributed by atoms with E-state index in [1.165, 1.54) is 11.3 Å². The third-order valence-corrected chi connectivity index (χ3v) is 2.28. The van der Waals surface area contributed by atoms with Crippen LogP contribution in [0, 0.1) is 11.8 Å². The second kappa shape index (κ2) is 3.88. The van der Waals surface area contributed by atoms with E-state index in [2.05, 4.69) is 11.8 Å². The van der Waals surface area contributed by atoms with Crippen LogP contribution < -0.4 is 0 Å². The van der Waals surface area contributed by atoms with E-state index in [9.17, 15) is 0 Å². The van der Waals surface area contributed by atoms with Gasteiger partial charge in [-0.25, -0.2) is 0 Å². The highest BCUT2D eigenvalue weighted by atomic mass is 35.5. The summed E-state index contributed by atoms with van der Waals surface area (Å²) in [6.45, 7) is 0.